The quantitative estimate of drug-likeness (QED) is 0.787. The average Bonchev–Trinajstić information content (AvgIpc) is 2.21. The van der Waals surface area contributed by atoms with E-state index in [1.807, 2.05) is 6.92 Å². The molecule has 1 N–H and O–H groups in total. The first-order valence-corrected chi connectivity index (χ1v) is 6.53. The largest absolute Gasteiger partial charge is 0.304 e. The maximum Gasteiger partial charge on any atom is 0.257 e. The van der Waals surface area contributed by atoms with Crippen LogP contribution in [0.3, 0.4) is 0 Å². The second kappa shape index (κ2) is 6.24. The number of halogens is 4. The third kappa shape index (κ3) is 4.76. The summed E-state index contributed by atoms with van der Waals surface area (Å²) in [5.41, 5.74) is 0. The van der Waals surface area contributed by atoms with Gasteiger partial charge in [0.15, 0.2) is 5.78 Å². The van der Waals surface area contributed by atoms with Crippen LogP contribution in [0.1, 0.15) is 26.7 Å². The second-order valence-corrected chi connectivity index (χ2v) is 5.79. The summed E-state index contributed by atoms with van der Waals surface area (Å²) < 4.78 is 38.6. The van der Waals surface area contributed by atoms with Gasteiger partial charge in [0.05, 0.1) is 18.5 Å². The molecule has 0 aromatic rings. The Bertz CT molecular complexity index is 296. The van der Waals surface area contributed by atoms with E-state index >= 15 is 0 Å². The standard InChI is InChI=1S/C12H19ClF3NO/c1-7-3-8(11(13)9(14)4-7)10(18)5-17-6-12(2,15)16/h7-9,11,17H,3-6H2,1-2H3/t7-,8?,9?,11+/m1/s1. The highest BCUT2D eigenvalue weighted by molar-refractivity contribution is 6.22. The molecular weight excluding hydrogens is 267 g/mol. The molecule has 0 aromatic carbocycles. The van der Waals surface area contributed by atoms with Crippen LogP contribution < -0.4 is 5.32 Å². The van der Waals surface area contributed by atoms with E-state index in [-0.39, 0.29) is 18.2 Å². The molecule has 0 radical (unpaired) electrons. The first-order valence-electron chi connectivity index (χ1n) is 6.10. The van der Waals surface area contributed by atoms with Gasteiger partial charge in [-0.05, 0) is 18.8 Å². The second-order valence-electron chi connectivity index (χ2n) is 5.28. The van der Waals surface area contributed by atoms with Crippen molar-refractivity contribution in [2.45, 2.75) is 44.2 Å². The van der Waals surface area contributed by atoms with E-state index in [4.69, 9.17) is 11.6 Å². The molecule has 1 rings (SSSR count). The van der Waals surface area contributed by atoms with E-state index in [9.17, 15) is 18.0 Å². The Balaban J connectivity index is 2.45. The first kappa shape index (κ1) is 15.8. The van der Waals surface area contributed by atoms with E-state index in [0.29, 0.717) is 12.8 Å². The SMILES string of the molecule is C[C@H]1CC(F)[C@@H](Cl)C(C(=O)CNCC(C)(F)F)C1. The molecule has 0 amide bonds. The molecular formula is C12H19ClF3NO. The van der Waals surface area contributed by atoms with Crippen molar-refractivity contribution in [1.82, 2.24) is 5.32 Å². The van der Waals surface area contributed by atoms with E-state index in [0.717, 1.165) is 6.92 Å². The number of Topliss-reactive ketones (excluding diaryl/α,β-unsaturated/α-hetero) is 1. The molecule has 1 saturated carbocycles. The van der Waals surface area contributed by atoms with E-state index in [2.05, 4.69) is 5.32 Å². The highest BCUT2D eigenvalue weighted by Gasteiger charge is 2.39. The molecule has 0 aliphatic heterocycles. The van der Waals surface area contributed by atoms with Crippen LogP contribution in [-0.2, 0) is 4.79 Å². The topological polar surface area (TPSA) is 29.1 Å². The molecule has 0 saturated heterocycles. The molecule has 2 nitrogen and oxygen atoms in total. The number of hydrogen-bond acceptors (Lipinski definition) is 2. The number of hydrogen-bond donors (Lipinski definition) is 1. The maximum absolute atomic E-state index is 13.5. The lowest BCUT2D eigenvalue weighted by Gasteiger charge is -2.33. The van der Waals surface area contributed by atoms with Gasteiger partial charge in [-0.3, -0.25) is 4.79 Å². The van der Waals surface area contributed by atoms with Gasteiger partial charge in [0.1, 0.15) is 6.17 Å². The molecule has 18 heavy (non-hydrogen) atoms. The van der Waals surface area contributed by atoms with Gasteiger partial charge >= 0.3 is 0 Å². The van der Waals surface area contributed by atoms with Gasteiger partial charge in [0, 0.05) is 12.8 Å². The van der Waals surface area contributed by atoms with Crippen molar-refractivity contribution in [3.8, 4) is 0 Å². The lowest BCUT2D eigenvalue weighted by atomic mass is 9.79. The van der Waals surface area contributed by atoms with Gasteiger partial charge in [-0.15, -0.1) is 11.6 Å². The third-order valence-corrected chi connectivity index (χ3v) is 3.74. The van der Waals surface area contributed by atoms with Crippen molar-refractivity contribution in [2.24, 2.45) is 11.8 Å². The van der Waals surface area contributed by atoms with Crippen LogP contribution in [0.4, 0.5) is 13.2 Å². The summed E-state index contributed by atoms with van der Waals surface area (Å²) in [6.07, 6.45) is -0.312. The minimum atomic E-state index is -2.86. The molecule has 6 heteroatoms. The molecule has 0 bridgehead atoms. The summed E-state index contributed by atoms with van der Waals surface area (Å²) in [4.78, 5) is 11.8. The number of ketones is 1. The smallest absolute Gasteiger partial charge is 0.257 e. The van der Waals surface area contributed by atoms with Crippen LogP contribution in [0, 0.1) is 11.8 Å². The number of rotatable bonds is 5. The molecule has 1 aliphatic rings. The minimum Gasteiger partial charge on any atom is -0.304 e. The Morgan fingerprint density at radius 2 is 2.06 bits per heavy atom. The van der Waals surface area contributed by atoms with Crippen molar-refractivity contribution in [2.75, 3.05) is 13.1 Å². The molecule has 0 heterocycles. The average molecular weight is 286 g/mol. The summed E-state index contributed by atoms with van der Waals surface area (Å²) in [5.74, 6) is -3.63. The van der Waals surface area contributed by atoms with Crippen molar-refractivity contribution < 1.29 is 18.0 Å². The van der Waals surface area contributed by atoms with Gasteiger partial charge in [0.2, 0.25) is 0 Å². The van der Waals surface area contributed by atoms with E-state index in [1.54, 1.807) is 0 Å². The van der Waals surface area contributed by atoms with Gasteiger partial charge in [-0.25, -0.2) is 13.2 Å². The van der Waals surface area contributed by atoms with Crippen molar-refractivity contribution in [3.05, 3.63) is 0 Å². The Morgan fingerprint density at radius 3 is 2.61 bits per heavy atom. The van der Waals surface area contributed by atoms with Crippen molar-refractivity contribution in [3.63, 3.8) is 0 Å². The van der Waals surface area contributed by atoms with Gasteiger partial charge < -0.3 is 5.32 Å². The fourth-order valence-electron chi connectivity index (χ4n) is 2.27. The first-order chi connectivity index (χ1) is 8.20. The van der Waals surface area contributed by atoms with Crippen LogP contribution in [-0.4, -0.2) is 36.3 Å². The summed E-state index contributed by atoms with van der Waals surface area (Å²) in [6.45, 7) is 1.89. The monoisotopic (exact) mass is 285 g/mol. The van der Waals surface area contributed by atoms with Crippen molar-refractivity contribution >= 4 is 17.4 Å². The molecule has 0 spiro atoms. The predicted octanol–water partition coefficient (Wildman–Crippen LogP) is 2.79. The van der Waals surface area contributed by atoms with Crippen LogP contribution in [0.2, 0.25) is 0 Å². The Labute approximate surface area is 110 Å². The molecule has 106 valence electrons. The van der Waals surface area contributed by atoms with Crippen molar-refractivity contribution in [1.29, 1.82) is 0 Å². The zero-order chi connectivity index (χ0) is 13.9. The fraction of sp³-hybridized carbons (Fsp3) is 0.917. The van der Waals surface area contributed by atoms with Gasteiger partial charge in [0.25, 0.3) is 5.92 Å². The zero-order valence-corrected chi connectivity index (χ0v) is 11.3. The van der Waals surface area contributed by atoms with Crippen LogP contribution in [0.25, 0.3) is 0 Å². The number of nitrogens with one attached hydrogen (secondary N) is 1. The molecule has 0 aromatic heterocycles. The molecule has 2 unspecified atom stereocenters. The highest BCUT2D eigenvalue weighted by Crippen LogP contribution is 2.35. The normalized spacial score (nSPS) is 33.4. The van der Waals surface area contributed by atoms with Crippen LogP contribution >= 0.6 is 11.6 Å². The fourth-order valence-corrected chi connectivity index (χ4v) is 2.62. The predicted molar refractivity (Wildman–Crippen MR) is 64.9 cm³/mol. The molecule has 1 fully saturated rings. The Hall–Kier alpha value is -0.290. The third-order valence-electron chi connectivity index (χ3n) is 3.16. The Morgan fingerprint density at radius 1 is 1.44 bits per heavy atom. The highest BCUT2D eigenvalue weighted by atomic mass is 35.5. The molecule has 1 aliphatic carbocycles. The lowest BCUT2D eigenvalue weighted by molar-refractivity contribution is -0.124. The van der Waals surface area contributed by atoms with Crippen LogP contribution in [0.15, 0.2) is 0 Å². The summed E-state index contributed by atoms with van der Waals surface area (Å²) in [5, 5.41) is 1.56. The minimum absolute atomic E-state index is 0.0940. The summed E-state index contributed by atoms with van der Waals surface area (Å²) in [7, 11) is 0. The summed E-state index contributed by atoms with van der Waals surface area (Å²) in [6, 6.07) is 0. The lowest BCUT2D eigenvalue weighted by Crippen LogP contribution is -2.43. The van der Waals surface area contributed by atoms with E-state index in [1.165, 1.54) is 0 Å². The maximum atomic E-state index is 13.5. The van der Waals surface area contributed by atoms with Crippen LogP contribution in [0.5, 0.6) is 0 Å². The Kier molecular flexibility index (Phi) is 5.46. The zero-order valence-electron chi connectivity index (χ0n) is 10.6. The molecule has 4 atom stereocenters. The van der Waals surface area contributed by atoms with Gasteiger partial charge in [-0.1, -0.05) is 6.92 Å². The van der Waals surface area contributed by atoms with Gasteiger partial charge in [-0.2, -0.15) is 0 Å². The van der Waals surface area contributed by atoms with E-state index < -0.39 is 29.9 Å². The number of alkyl halides is 4. The number of carbonyl (C=O) groups excluding carboxylic acids is 1. The number of carbonyl (C=O) groups is 1. The summed E-state index contributed by atoms with van der Waals surface area (Å²) >= 11 is 5.89.